The quantitative estimate of drug-likeness (QED) is 0.182. The van der Waals surface area contributed by atoms with E-state index in [0.29, 0.717) is 22.6 Å². The number of aryl methyl sites for hydroxylation is 1. The number of ether oxygens (including phenoxy) is 4. The van der Waals surface area contributed by atoms with Crippen molar-refractivity contribution in [2.75, 3.05) is 14.2 Å². The van der Waals surface area contributed by atoms with Crippen LogP contribution in [0.15, 0.2) is 82.2 Å². The summed E-state index contributed by atoms with van der Waals surface area (Å²) in [5, 5.41) is 0.317. The minimum absolute atomic E-state index is 0.0843. The van der Waals surface area contributed by atoms with Gasteiger partial charge >= 0.3 is 5.97 Å². The van der Waals surface area contributed by atoms with Crippen molar-refractivity contribution in [3.8, 4) is 28.7 Å². The van der Waals surface area contributed by atoms with Gasteiger partial charge in [-0.2, -0.15) is 0 Å². The molecule has 35 heavy (non-hydrogen) atoms. The number of rotatable bonds is 8. The van der Waals surface area contributed by atoms with Crippen LogP contribution in [0.3, 0.4) is 0 Å². The molecule has 0 aliphatic rings. The summed E-state index contributed by atoms with van der Waals surface area (Å²) >= 11 is 0. The molecule has 4 aromatic rings. The fourth-order valence-electron chi connectivity index (χ4n) is 3.51. The topological polar surface area (TPSA) is 84.2 Å². The lowest BCUT2D eigenvalue weighted by atomic mass is 10.1. The highest BCUT2D eigenvalue weighted by Gasteiger charge is 2.12. The molecule has 0 aliphatic heterocycles. The smallest absolute Gasteiger partial charge is 0.336 e. The Bertz CT molecular complexity index is 1450. The standard InChI is InChI=1S/C28H24O7/c1-4-19-7-5-6-8-22(19)35-26-17-33-24-16-20(11-12-21(24)28(26)30)34-27(29)14-10-18-9-13-23(31-2)25(15-18)32-3/h5-17H,4H2,1-3H3. The van der Waals surface area contributed by atoms with Crippen molar-refractivity contribution in [3.05, 3.63) is 94.4 Å². The van der Waals surface area contributed by atoms with Crippen molar-refractivity contribution < 1.29 is 28.2 Å². The molecule has 178 valence electrons. The number of hydrogen-bond donors (Lipinski definition) is 0. The van der Waals surface area contributed by atoms with E-state index in [0.717, 1.165) is 17.5 Å². The van der Waals surface area contributed by atoms with Crippen molar-refractivity contribution in [1.29, 1.82) is 0 Å². The molecular weight excluding hydrogens is 448 g/mol. The van der Waals surface area contributed by atoms with Gasteiger partial charge in [-0.25, -0.2) is 4.79 Å². The Balaban J connectivity index is 1.50. The molecule has 0 unspecified atom stereocenters. The summed E-state index contributed by atoms with van der Waals surface area (Å²) < 4.78 is 27.3. The van der Waals surface area contributed by atoms with Crippen LogP contribution >= 0.6 is 0 Å². The molecule has 0 amide bonds. The third kappa shape index (κ3) is 5.35. The number of hydrogen-bond acceptors (Lipinski definition) is 7. The Morgan fingerprint density at radius 3 is 2.49 bits per heavy atom. The van der Waals surface area contributed by atoms with Gasteiger partial charge in [-0.1, -0.05) is 31.2 Å². The van der Waals surface area contributed by atoms with Gasteiger partial charge in [0, 0.05) is 12.1 Å². The molecule has 0 saturated heterocycles. The first kappa shape index (κ1) is 23.6. The zero-order chi connectivity index (χ0) is 24.8. The Morgan fingerprint density at radius 1 is 0.914 bits per heavy atom. The highest BCUT2D eigenvalue weighted by Crippen LogP contribution is 2.29. The zero-order valence-electron chi connectivity index (χ0n) is 19.6. The number of methoxy groups -OCH3 is 2. The summed E-state index contributed by atoms with van der Waals surface area (Å²) in [5.74, 6) is 1.49. The van der Waals surface area contributed by atoms with E-state index in [1.165, 1.54) is 31.6 Å². The first-order valence-corrected chi connectivity index (χ1v) is 11.0. The molecule has 1 aromatic heterocycles. The summed E-state index contributed by atoms with van der Waals surface area (Å²) in [7, 11) is 3.09. The molecule has 3 aromatic carbocycles. The Labute approximate surface area is 202 Å². The van der Waals surface area contributed by atoms with Gasteiger partial charge in [-0.3, -0.25) is 4.79 Å². The molecule has 0 bridgehead atoms. The van der Waals surface area contributed by atoms with Gasteiger partial charge in [0.15, 0.2) is 11.5 Å². The van der Waals surface area contributed by atoms with Crippen molar-refractivity contribution in [3.63, 3.8) is 0 Å². The lowest BCUT2D eigenvalue weighted by molar-refractivity contribution is -0.128. The highest BCUT2D eigenvalue weighted by atomic mass is 16.5. The van der Waals surface area contributed by atoms with Crippen LogP contribution in [0.5, 0.6) is 28.7 Å². The second-order valence-corrected chi connectivity index (χ2v) is 7.52. The molecule has 0 aliphatic carbocycles. The van der Waals surface area contributed by atoms with Crippen LogP contribution in [0.4, 0.5) is 0 Å². The maximum Gasteiger partial charge on any atom is 0.336 e. The molecule has 0 spiro atoms. The van der Waals surface area contributed by atoms with E-state index in [2.05, 4.69) is 0 Å². The second kappa shape index (κ2) is 10.6. The van der Waals surface area contributed by atoms with E-state index in [4.69, 9.17) is 23.4 Å². The van der Waals surface area contributed by atoms with E-state index in [1.54, 1.807) is 43.5 Å². The van der Waals surface area contributed by atoms with Crippen LogP contribution in [-0.4, -0.2) is 20.2 Å². The molecule has 7 heteroatoms. The molecular formula is C28H24O7. The maximum absolute atomic E-state index is 12.9. The largest absolute Gasteiger partial charge is 0.493 e. The van der Waals surface area contributed by atoms with Gasteiger partial charge in [-0.15, -0.1) is 0 Å². The zero-order valence-corrected chi connectivity index (χ0v) is 19.6. The first-order valence-electron chi connectivity index (χ1n) is 11.0. The number of benzene rings is 3. The molecule has 0 radical (unpaired) electrons. The van der Waals surface area contributed by atoms with Crippen LogP contribution in [0.1, 0.15) is 18.1 Å². The van der Waals surface area contributed by atoms with E-state index in [1.807, 2.05) is 25.1 Å². The number of carbonyl (C=O) groups excluding carboxylic acids is 1. The summed E-state index contributed by atoms with van der Waals surface area (Å²) in [6.07, 6.45) is 4.93. The third-order valence-electron chi connectivity index (χ3n) is 5.33. The Morgan fingerprint density at radius 2 is 1.71 bits per heavy atom. The van der Waals surface area contributed by atoms with E-state index >= 15 is 0 Å². The first-order chi connectivity index (χ1) is 17.0. The average molecular weight is 472 g/mol. The number of carbonyl (C=O) groups is 1. The van der Waals surface area contributed by atoms with Crippen molar-refractivity contribution in [2.45, 2.75) is 13.3 Å². The molecule has 7 nitrogen and oxygen atoms in total. The van der Waals surface area contributed by atoms with Crippen LogP contribution in [0.25, 0.3) is 17.0 Å². The fraction of sp³-hybridized carbons (Fsp3) is 0.143. The predicted octanol–water partition coefficient (Wildman–Crippen LogP) is 5.78. The van der Waals surface area contributed by atoms with E-state index < -0.39 is 5.97 Å². The van der Waals surface area contributed by atoms with Gasteiger partial charge in [-0.05, 0) is 54.0 Å². The molecule has 0 saturated carbocycles. The number of fused-ring (bicyclic) bond motifs is 1. The summed E-state index contributed by atoms with van der Waals surface area (Å²) in [5.41, 5.74) is 1.68. The fourth-order valence-corrected chi connectivity index (χ4v) is 3.51. The van der Waals surface area contributed by atoms with Gasteiger partial charge < -0.3 is 23.4 Å². The van der Waals surface area contributed by atoms with Gasteiger partial charge in [0.05, 0.1) is 19.6 Å². The highest BCUT2D eigenvalue weighted by molar-refractivity contribution is 5.89. The van der Waals surface area contributed by atoms with Crippen molar-refractivity contribution in [2.24, 2.45) is 0 Å². The molecule has 0 atom stereocenters. The second-order valence-electron chi connectivity index (χ2n) is 7.52. The predicted molar refractivity (Wildman–Crippen MR) is 133 cm³/mol. The molecule has 0 fully saturated rings. The molecule has 0 N–H and O–H groups in total. The summed E-state index contributed by atoms with van der Waals surface area (Å²) in [4.78, 5) is 25.2. The average Bonchev–Trinajstić information content (AvgIpc) is 2.89. The maximum atomic E-state index is 12.9. The van der Waals surface area contributed by atoms with Gasteiger partial charge in [0.1, 0.15) is 23.3 Å². The van der Waals surface area contributed by atoms with Crippen LogP contribution in [0.2, 0.25) is 0 Å². The monoisotopic (exact) mass is 472 g/mol. The van der Waals surface area contributed by atoms with Gasteiger partial charge in [0.25, 0.3) is 0 Å². The SMILES string of the molecule is CCc1ccccc1Oc1coc2cc(OC(=O)C=Cc3ccc(OC)c(OC)c3)ccc2c1=O. The van der Waals surface area contributed by atoms with E-state index in [-0.39, 0.29) is 22.5 Å². The molecule has 1 heterocycles. The third-order valence-corrected chi connectivity index (χ3v) is 5.33. The Kier molecular flexibility index (Phi) is 7.16. The lowest BCUT2D eigenvalue weighted by Crippen LogP contribution is -2.07. The van der Waals surface area contributed by atoms with Gasteiger partial charge in [0.2, 0.25) is 11.2 Å². The van der Waals surface area contributed by atoms with Crippen molar-refractivity contribution in [1.82, 2.24) is 0 Å². The normalized spacial score (nSPS) is 10.9. The molecule has 4 rings (SSSR count). The van der Waals surface area contributed by atoms with Crippen LogP contribution in [0, 0.1) is 0 Å². The minimum atomic E-state index is -0.586. The van der Waals surface area contributed by atoms with Crippen molar-refractivity contribution >= 4 is 23.0 Å². The summed E-state index contributed by atoms with van der Waals surface area (Å²) in [6.45, 7) is 2.01. The Hall–Kier alpha value is -4.52. The summed E-state index contributed by atoms with van der Waals surface area (Å²) in [6, 6.07) is 17.3. The van der Waals surface area contributed by atoms with E-state index in [9.17, 15) is 9.59 Å². The lowest BCUT2D eigenvalue weighted by Gasteiger charge is -2.09. The van der Waals surface area contributed by atoms with Crippen LogP contribution in [-0.2, 0) is 11.2 Å². The number of esters is 1. The van der Waals surface area contributed by atoms with Crippen LogP contribution < -0.4 is 24.4 Å². The number of para-hydroxylation sites is 1. The minimum Gasteiger partial charge on any atom is -0.493 e.